The van der Waals surface area contributed by atoms with Crippen molar-refractivity contribution in [3.8, 4) is 0 Å². The van der Waals surface area contributed by atoms with Gasteiger partial charge >= 0.3 is 0 Å². The van der Waals surface area contributed by atoms with Crippen molar-refractivity contribution in [3.05, 3.63) is 48.0 Å². The largest absolute Gasteiger partial charge is 0.380 e. The van der Waals surface area contributed by atoms with E-state index in [1.165, 1.54) is 6.33 Å². The number of fused-ring (bicyclic) bond motifs is 1. The second-order valence-corrected chi connectivity index (χ2v) is 7.21. The van der Waals surface area contributed by atoms with E-state index in [4.69, 9.17) is 10.5 Å². The van der Waals surface area contributed by atoms with Gasteiger partial charge < -0.3 is 15.8 Å². The van der Waals surface area contributed by atoms with Gasteiger partial charge in [0.25, 0.3) is 5.91 Å². The topological polar surface area (TPSA) is 108 Å². The van der Waals surface area contributed by atoms with E-state index in [9.17, 15) is 4.79 Å². The molecule has 0 spiro atoms. The summed E-state index contributed by atoms with van der Waals surface area (Å²) >= 11 is 0. The summed E-state index contributed by atoms with van der Waals surface area (Å²) in [4.78, 5) is 21.4. The monoisotopic (exact) mass is 380 g/mol. The molecule has 2 heterocycles. The minimum absolute atomic E-state index is 0.201. The molecule has 3 aromatic rings. The SMILES string of the molecule is COCc1ccc(NC(=O)c2nn(C3CCC(N)CC3)c3ncncc23)cc1. The Morgan fingerprint density at radius 3 is 2.71 bits per heavy atom. The van der Waals surface area contributed by atoms with Crippen LogP contribution < -0.4 is 11.1 Å². The van der Waals surface area contributed by atoms with Crippen molar-refractivity contribution in [2.24, 2.45) is 5.73 Å². The quantitative estimate of drug-likeness (QED) is 0.704. The van der Waals surface area contributed by atoms with E-state index in [0.29, 0.717) is 29.0 Å². The molecule has 1 fully saturated rings. The van der Waals surface area contributed by atoms with Crippen LogP contribution in [-0.2, 0) is 11.3 Å². The average Bonchev–Trinajstić information content (AvgIpc) is 3.10. The molecule has 146 valence electrons. The highest BCUT2D eigenvalue weighted by molar-refractivity contribution is 6.10. The molecule has 1 aliphatic rings. The summed E-state index contributed by atoms with van der Waals surface area (Å²) in [7, 11) is 1.65. The molecule has 1 aromatic carbocycles. The molecule has 4 rings (SSSR count). The number of hydrogen-bond donors (Lipinski definition) is 2. The van der Waals surface area contributed by atoms with Crippen molar-refractivity contribution >= 4 is 22.6 Å². The van der Waals surface area contributed by atoms with E-state index in [0.717, 1.165) is 31.2 Å². The van der Waals surface area contributed by atoms with Crippen molar-refractivity contribution in [1.82, 2.24) is 19.7 Å². The number of hydrogen-bond acceptors (Lipinski definition) is 6. The highest BCUT2D eigenvalue weighted by Gasteiger charge is 2.26. The molecule has 0 saturated heterocycles. The maximum absolute atomic E-state index is 12.9. The van der Waals surface area contributed by atoms with Gasteiger partial charge in [0.05, 0.1) is 18.0 Å². The van der Waals surface area contributed by atoms with Crippen LogP contribution in [0.5, 0.6) is 0 Å². The summed E-state index contributed by atoms with van der Waals surface area (Å²) in [5.41, 5.74) is 8.80. The fourth-order valence-corrected chi connectivity index (χ4v) is 3.69. The van der Waals surface area contributed by atoms with Crippen LogP contribution in [0.15, 0.2) is 36.8 Å². The zero-order valence-corrected chi connectivity index (χ0v) is 15.8. The molecule has 3 N–H and O–H groups in total. The number of carbonyl (C=O) groups excluding carboxylic acids is 1. The van der Waals surface area contributed by atoms with Gasteiger partial charge in [-0.15, -0.1) is 0 Å². The van der Waals surface area contributed by atoms with Crippen LogP contribution in [0.4, 0.5) is 5.69 Å². The minimum atomic E-state index is -0.273. The van der Waals surface area contributed by atoms with Gasteiger partial charge in [0.1, 0.15) is 6.33 Å². The Balaban J connectivity index is 1.60. The van der Waals surface area contributed by atoms with Gasteiger partial charge in [0, 0.05) is 25.0 Å². The number of rotatable bonds is 5. The number of carbonyl (C=O) groups is 1. The first-order chi connectivity index (χ1) is 13.7. The fourth-order valence-electron chi connectivity index (χ4n) is 3.69. The maximum Gasteiger partial charge on any atom is 0.276 e. The van der Waals surface area contributed by atoms with Crippen LogP contribution in [0, 0.1) is 0 Å². The summed E-state index contributed by atoms with van der Waals surface area (Å²) in [6.45, 7) is 0.533. The number of nitrogens with one attached hydrogen (secondary N) is 1. The summed E-state index contributed by atoms with van der Waals surface area (Å²) in [6, 6.07) is 7.99. The summed E-state index contributed by atoms with van der Waals surface area (Å²) in [5, 5.41) is 8.19. The number of aromatic nitrogens is 4. The van der Waals surface area contributed by atoms with Gasteiger partial charge in [-0.2, -0.15) is 5.10 Å². The van der Waals surface area contributed by atoms with Crippen molar-refractivity contribution < 1.29 is 9.53 Å². The first-order valence-corrected chi connectivity index (χ1v) is 9.48. The molecule has 1 amide bonds. The Morgan fingerprint density at radius 2 is 2.00 bits per heavy atom. The lowest BCUT2D eigenvalue weighted by atomic mass is 9.92. The number of anilines is 1. The number of benzene rings is 1. The van der Waals surface area contributed by atoms with Gasteiger partial charge in [0.15, 0.2) is 11.3 Å². The van der Waals surface area contributed by atoms with E-state index in [2.05, 4.69) is 20.4 Å². The molecule has 8 nitrogen and oxygen atoms in total. The van der Waals surface area contributed by atoms with Crippen LogP contribution in [0.2, 0.25) is 0 Å². The van der Waals surface area contributed by atoms with Crippen molar-refractivity contribution in [1.29, 1.82) is 0 Å². The normalized spacial score (nSPS) is 19.6. The molecule has 2 aromatic heterocycles. The van der Waals surface area contributed by atoms with E-state index in [-0.39, 0.29) is 18.0 Å². The molecule has 0 bridgehead atoms. The van der Waals surface area contributed by atoms with E-state index in [1.54, 1.807) is 13.3 Å². The number of ether oxygens (including phenoxy) is 1. The zero-order valence-electron chi connectivity index (χ0n) is 15.8. The lowest BCUT2D eigenvalue weighted by molar-refractivity contribution is 0.102. The number of amides is 1. The van der Waals surface area contributed by atoms with E-state index >= 15 is 0 Å². The molecule has 0 unspecified atom stereocenters. The van der Waals surface area contributed by atoms with Crippen LogP contribution in [-0.4, -0.2) is 38.8 Å². The Hall–Kier alpha value is -2.84. The third kappa shape index (κ3) is 3.74. The van der Waals surface area contributed by atoms with Gasteiger partial charge in [-0.25, -0.2) is 14.6 Å². The summed E-state index contributed by atoms with van der Waals surface area (Å²) in [5.74, 6) is -0.273. The number of methoxy groups -OCH3 is 1. The van der Waals surface area contributed by atoms with E-state index < -0.39 is 0 Å². The number of nitrogens with zero attached hydrogens (tertiary/aromatic N) is 4. The number of nitrogens with two attached hydrogens (primary N) is 1. The molecule has 0 radical (unpaired) electrons. The van der Waals surface area contributed by atoms with Gasteiger partial charge in [-0.1, -0.05) is 12.1 Å². The van der Waals surface area contributed by atoms with E-state index in [1.807, 2.05) is 28.9 Å². The Labute approximate surface area is 163 Å². The molecule has 1 saturated carbocycles. The van der Waals surface area contributed by atoms with Crippen LogP contribution in [0.25, 0.3) is 11.0 Å². The third-order valence-electron chi connectivity index (χ3n) is 5.20. The predicted molar refractivity (Wildman–Crippen MR) is 106 cm³/mol. The first kappa shape index (κ1) is 18.5. The summed E-state index contributed by atoms with van der Waals surface area (Å²) < 4.78 is 6.99. The minimum Gasteiger partial charge on any atom is -0.380 e. The van der Waals surface area contributed by atoms with Crippen LogP contribution >= 0.6 is 0 Å². The fraction of sp³-hybridized carbons (Fsp3) is 0.400. The maximum atomic E-state index is 12.9. The average molecular weight is 380 g/mol. The molecular formula is C20H24N6O2. The summed E-state index contributed by atoms with van der Waals surface area (Å²) in [6.07, 6.45) is 6.91. The van der Waals surface area contributed by atoms with Gasteiger partial charge in [-0.3, -0.25) is 4.79 Å². The standard InChI is InChI=1S/C20H24N6O2/c1-28-11-13-2-6-15(7-3-13)24-20(27)18-17-10-22-12-23-19(17)26(25-18)16-8-4-14(21)5-9-16/h2-3,6-7,10,12,14,16H,4-5,8-9,11,21H2,1H3,(H,24,27). The molecule has 8 heteroatoms. The second kappa shape index (κ2) is 8.04. The smallest absolute Gasteiger partial charge is 0.276 e. The zero-order chi connectivity index (χ0) is 19.5. The lowest BCUT2D eigenvalue weighted by Crippen LogP contribution is -2.28. The lowest BCUT2D eigenvalue weighted by Gasteiger charge is -2.26. The highest BCUT2D eigenvalue weighted by atomic mass is 16.5. The Kier molecular flexibility index (Phi) is 5.31. The van der Waals surface area contributed by atoms with Crippen molar-refractivity contribution in [3.63, 3.8) is 0 Å². The Morgan fingerprint density at radius 1 is 1.25 bits per heavy atom. The molecular weight excluding hydrogens is 356 g/mol. The van der Waals surface area contributed by atoms with Crippen molar-refractivity contribution in [2.45, 2.75) is 44.4 Å². The second-order valence-electron chi connectivity index (χ2n) is 7.21. The van der Waals surface area contributed by atoms with Crippen LogP contribution in [0.1, 0.15) is 47.8 Å². The molecule has 28 heavy (non-hydrogen) atoms. The molecule has 1 aliphatic carbocycles. The van der Waals surface area contributed by atoms with Crippen LogP contribution in [0.3, 0.4) is 0 Å². The van der Waals surface area contributed by atoms with Crippen molar-refractivity contribution in [2.75, 3.05) is 12.4 Å². The first-order valence-electron chi connectivity index (χ1n) is 9.48. The van der Waals surface area contributed by atoms with Gasteiger partial charge in [0.2, 0.25) is 0 Å². The molecule has 0 atom stereocenters. The third-order valence-corrected chi connectivity index (χ3v) is 5.20. The van der Waals surface area contributed by atoms with Gasteiger partial charge in [-0.05, 0) is 43.4 Å². The Bertz CT molecular complexity index is 960. The molecule has 0 aliphatic heterocycles. The predicted octanol–water partition coefficient (Wildman–Crippen LogP) is 2.67. The highest BCUT2D eigenvalue weighted by Crippen LogP contribution is 2.30.